The van der Waals surface area contributed by atoms with E-state index in [1.165, 1.54) is 15.6 Å². The van der Waals surface area contributed by atoms with E-state index in [4.69, 9.17) is 16.3 Å². The number of hydrogen-bond acceptors (Lipinski definition) is 6. The van der Waals surface area contributed by atoms with Crippen LogP contribution in [0.3, 0.4) is 0 Å². The minimum absolute atomic E-state index is 0.125. The second kappa shape index (κ2) is 9.07. The summed E-state index contributed by atoms with van der Waals surface area (Å²) in [5.41, 5.74) is 1.62. The van der Waals surface area contributed by atoms with Gasteiger partial charge in [0.05, 0.1) is 29.7 Å². The molecule has 0 spiro atoms. The van der Waals surface area contributed by atoms with Crippen LogP contribution in [0.5, 0.6) is 5.75 Å². The van der Waals surface area contributed by atoms with E-state index in [0.29, 0.717) is 51.2 Å². The SMILES string of the molecule is CCOc1ccccc1C(=O)Nc1cc(C)nn1-c1nc2c(cnn2-c2ccc(Cl)cc2)c(=O)[nH]1. The van der Waals surface area contributed by atoms with Gasteiger partial charge in [-0.3, -0.25) is 14.6 Å². The third-order valence-electron chi connectivity index (χ3n) is 5.20. The van der Waals surface area contributed by atoms with Gasteiger partial charge in [0.15, 0.2) is 5.65 Å². The number of anilines is 1. The number of carbonyl (C=O) groups excluding carboxylic acids is 1. The number of amides is 1. The first-order valence-corrected chi connectivity index (χ1v) is 11.2. The fourth-order valence-electron chi connectivity index (χ4n) is 3.65. The molecule has 0 unspecified atom stereocenters. The van der Waals surface area contributed by atoms with Crippen molar-refractivity contribution in [1.82, 2.24) is 29.5 Å². The summed E-state index contributed by atoms with van der Waals surface area (Å²) in [5.74, 6) is 0.540. The Morgan fingerprint density at radius 1 is 1.14 bits per heavy atom. The first-order valence-electron chi connectivity index (χ1n) is 10.8. The second-order valence-corrected chi connectivity index (χ2v) is 8.06. The van der Waals surface area contributed by atoms with Crippen LogP contribution in [0.15, 0.2) is 65.6 Å². The zero-order valence-electron chi connectivity index (χ0n) is 18.8. The maximum atomic E-state index is 13.1. The lowest BCUT2D eigenvalue weighted by atomic mass is 10.2. The van der Waals surface area contributed by atoms with E-state index >= 15 is 0 Å². The summed E-state index contributed by atoms with van der Waals surface area (Å²) in [4.78, 5) is 33.2. The summed E-state index contributed by atoms with van der Waals surface area (Å²) >= 11 is 6.00. The van der Waals surface area contributed by atoms with Crippen LogP contribution in [0.4, 0.5) is 5.82 Å². The number of nitrogens with one attached hydrogen (secondary N) is 2. The van der Waals surface area contributed by atoms with Crippen LogP contribution in [-0.2, 0) is 0 Å². The molecule has 2 aromatic carbocycles. The molecule has 0 saturated carbocycles. The van der Waals surface area contributed by atoms with Crippen LogP contribution in [0.1, 0.15) is 23.0 Å². The van der Waals surface area contributed by atoms with Crippen molar-refractivity contribution in [3.8, 4) is 17.4 Å². The molecule has 35 heavy (non-hydrogen) atoms. The van der Waals surface area contributed by atoms with Gasteiger partial charge in [-0.2, -0.15) is 19.9 Å². The number of nitrogens with zero attached hydrogens (tertiary/aromatic N) is 5. The Bertz CT molecular complexity index is 1600. The number of aromatic amines is 1. The monoisotopic (exact) mass is 489 g/mol. The van der Waals surface area contributed by atoms with Crippen LogP contribution in [0.2, 0.25) is 5.02 Å². The highest BCUT2D eigenvalue weighted by Gasteiger charge is 2.19. The van der Waals surface area contributed by atoms with Crippen molar-refractivity contribution in [2.75, 3.05) is 11.9 Å². The topological polar surface area (TPSA) is 120 Å². The fraction of sp³-hybridized carbons (Fsp3) is 0.125. The molecule has 10 nitrogen and oxygen atoms in total. The molecule has 3 heterocycles. The lowest BCUT2D eigenvalue weighted by molar-refractivity contribution is 0.102. The largest absolute Gasteiger partial charge is 0.493 e. The minimum Gasteiger partial charge on any atom is -0.493 e. The summed E-state index contributed by atoms with van der Waals surface area (Å²) in [6.45, 7) is 4.04. The molecular formula is C24H20ClN7O3. The fourth-order valence-corrected chi connectivity index (χ4v) is 3.77. The van der Waals surface area contributed by atoms with Crippen LogP contribution < -0.4 is 15.6 Å². The van der Waals surface area contributed by atoms with Crippen molar-refractivity contribution in [2.45, 2.75) is 13.8 Å². The van der Waals surface area contributed by atoms with Crippen LogP contribution >= 0.6 is 11.6 Å². The molecule has 0 fully saturated rings. The molecule has 0 aliphatic heterocycles. The number of benzene rings is 2. The van der Waals surface area contributed by atoms with Gasteiger partial charge in [-0.05, 0) is 50.2 Å². The maximum Gasteiger partial charge on any atom is 0.263 e. The molecule has 176 valence electrons. The van der Waals surface area contributed by atoms with Gasteiger partial charge < -0.3 is 10.1 Å². The van der Waals surface area contributed by atoms with Gasteiger partial charge in [0.2, 0.25) is 5.95 Å². The molecule has 0 saturated heterocycles. The van der Waals surface area contributed by atoms with Gasteiger partial charge in [0.25, 0.3) is 11.5 Å². The van der Waals surface area contributed by atoms with Gasteiger partial charge in [0.1, 0.15) is 17.0 Å². The van der Waals surface area contributed by atoms with E-state index in [9.17, 15) is 9.59 Å². The van der Waals surface area contributed by atoms with E-state index in [2.05, 4.69) is 25.5 Å². The maximum absolute atomic E-state index is 13.1. The van der Waals surface area contributed by atoms with Gasteiger partial charge >= 0.3 is 0 Å². The van der Waals surface area contributed by atoms with Gasteiger partial charge in [0, 0.05) is 11.1 Å². The number of halogens is 1. The number of H-pyrrole nitrogens is 1. The third kappa shape index (κ3) is 4.26. The van der Waals surface area contributed by atoms with Crippen molar-refractivity contribution in [2.24, 2.45) is 0 Å². The summed E-state index contributed by atoms with van der Waals surface area (Å²) in [6, 6.07) is 15.6. The van der Waals surface area contributed by atoms with Gasteiger partial charge in [-0.25, -0.2) is 4.68 Å². The molecule has 11 heteroatoms. The van der Waals surface area contributed by atoms with Crippen molar-refractivity contribution in [1.29, 1.82) is 0 Å². The number of para-hydroxylation sites is 1. The molecule has 0 radical (unpaired) electrons. The van der Waals surface area contributed by atoms with Gasteiger partial charge in [-0.1, -0.05) is 23.7 Å². The van der Waals surface area contributed by atoms with Crippen LogP contribution in [0.25, 0.3) is 22.7 Å². The van der Waals surface area contributed by atoms with E-state index in [1.54, 1.807) is 61.5 Å². The number of fused-ring (bicyclic) bond motifs is 1. The Morgan fingerprint density at radius 3 is 2.69 bits per heavy atom. The predicted octanol–water partition coefficient (Wildman–Crippen LogP) is 3.91. The van der Waals surface area contributed by atoms with E-state index in [-0.39, 0.29) is 11.9 Å². The molecular weight excluding hydrogens is 470 g/mol. The van der Waals surface area contributed by atoms with E-state index in [0.717, 1.165) is 0 Å². The number of ether oxygens (including phenoxy) is 1. The normalized spacial score (nSPS) is 11.1. The minimum atomic E-state index is -0.391. The molecule has 0 bridgehead atoms. The molecule has 3 aromatic heterocycles. The molecule has 5 rings (SSSR count). The van der Waals surface area contributed by atoms with Crippen LogP contribution in [0, 0.1) is 6.92 Å². The average Bonchev–Trinajstić information content (AvgIpc) is 3.43. The molecule has 0 aliphatic carbocycles. The third-order valence-corrected chi connectivity index (χ3v) is 5.45. The Morgan fingerprint density at radius 2 is 1.91 bits per heavy atom. The first-order chi connectivity index (χ1) is 16.9. The van der Waals surface area contributed by atoms with Crippen molar-refractivity contribution in [3.63, 3.8) is 0 Å². The van der Waals surface area contributed by atoms with Crippen molar-refractivity contribution in [3.05, 3.63) is 87.4 Å². The van der Waals surface area contributed by atoms with Gasteiger partial charge in [-0.15, -0.1) is 0 Å². The summed E-state index contributed by atoms with van der Waals surface area (Å²) < 4.78 is 8.48. The van der Waals surface area contributed by atoms with E-state index in [1.807, 2.05) is 6.92 Å². The lowest BCUT2D eigenvalue weighted by Gasteiger charge is -2.11. The highest BCUT2D eigenvalue weighted by atomic mass is 35.5. The average molecular weight is 490 g/mol. The molecule has 0 atom stereocenters. The highest BCUT2D eigenvalue weighted by molar-refractivity contribution is 6.30. The summed E-state index contributed by atoms with van der Waals surface area (Å²) in [6.07, 6.45) is 1.45. The number of aryl methyl sites for hydroxylation is 1. The Labute approximate surface area is 204 Å². The molecule has 5 aromatic rings. The standard InChI is InChI=1S/C24H20ClN7O3/c1-3-35-19-7-5-4-6-17(19)22(33)27-20-12-14(2)30-32(20)24-28-21-18(23(34)29-24)13-26-31(21)16-10-8-15(25)9-11-16/h4-13H,3H2,1-2H3,(H,27,33)(H,28,29,34). The number of aromatic nitrogens is 6. The summed E-state index contributed by atoms with van der Waals surface area (Å²) in [7, 11) is 0. The second-order valence-electron chi connectivity index (χ2n) is 7.63. The van der Waals surface area contributed by atoms with Crippen LogP contribution in [-0.4, -0.2) is 42.0 Å². The molecule has 1 amide bonds. The number of rotatable bonds is 6. The lowest BCUT2D eigenvalue weighted by Crippen LogP contribution is -2.19. The zero-order valence-corrected chi connectivity index (χ0v) is 19.6. The predicted molar refractivity (Wildman–Crippen MR) is 132 cm³/mol. The smallest absolute Gasteiger partial charge is 0.263 e. The Hall–Kier alpha value is -4.44. The van der Waals surface area contributed by atoms with Crippen molar-refractivity contribution < 1.29 is 9.53 Å². The van der Waals surface area contributed by atoms with Crippen molar-refractivity contribution >= 4 is 34.4 Å². The number of hydrogen-bond donors (Lipinski definition) is 2. The Balaban J connectivity index is 1.56. The van der Waals surface area contributed by atoms with E-state index < -0.39 is 5.56 Å². The molecule has 2 N–H and O–H groups in total. The highest BCUT2D eigenvalue weighted by Crippen LogP contribution is 2.22. The zero-order chi connectivity index (χ0) is 24.5. The molecule has 0 aliphatic rings. The number of carbonyl (C=O) groups is 1. The quantitative estimate of drug-likeness (QED) is 0.373. The first kappa shape index (κ1) is 22.4. The summed E-state index contributed by atoms with van der Waals surface area (Å²) in [5, 5.41) is 12.5. The Kier molecular flexibility index (Phi) is 5.79.